The first-order valence-corrected chi connectivity index (χ1v) is 7.03. The molecule has 0 aromatic rings. The smallest absolute Gasteiger partial charge is 0.232 e. The summed E-state index contributed by atoms with van der Waals surface area (Å²) in [5, 5.41) is 0. The standard InChI is InChI=1S/C8H15ClO3S/c1-2-7(6-13(9,10)11)5-12-8-3-4-8/h7-8H,2-6H2,1H3. The van der Waals surface area contributed by atoms with Crippen LogP contribution in [0.25, 0.3) is 0 Å². The summed E-state index contributed by atoms with van der Waals surface area (Å²) in [6.07, 6.45) is 3.40. The Kier molecular flexibility index (Phi) is 4.01. The van der Waals surface area contributed by atoms with E-state index in [-0.39, 0.29) is 11.7 Å². The minimum Gasteiger partial charge on any atom is -0.378 e. The molecule has 0 bridgehead atoms. The van der Waals surface area contributed by atoms with Crippen LogP contribution in [0.4, 0.5) is 0 Å². The van der Waals surface area contributed by atoms with E-state index in [1.165, 1.54) is 0 Å². The molecule has 0 saturated heterocycles. The lowest BCUT2D eigenvalue weighted by molar-refractivity contribution is 0.0910. The van der Waals surface area contributed by atoms with E-state index in [0.29, 0.717) is 12.7 Å². The molecule has 0 aromatic carbocycles. The second kappa shape index (κ2) is 4.62. The first-order valence-electron chi connectivity index (χ1n) is 4.55. The van der Waals surface area contributed by atoms with Crippen molar-refractivity contribution >= 4 is 19.7 Å². The average Bonchev–Trinajstić information content (AvgIpc) is 2.78. The van der Waals surface area contributed by atoms with Gasteiger partial charge < -0.3 is 4.74 Å². The molecule has 0 aromatic heterocycles. The van der Waals surface area contributed by atoms with Crippen LogP contribution in [0.2, 0.25) is 0 Å². The van der Waals surface area contributed by atoms with Crippen molar-refractivity contribution in [3.8, 4) is 0 Å². The largest absolute Gasteiger partial charge is 0.378 e. The number of hydrogen-bond acceptors (Lipinski definition) is 3. The first-order chi connectivity index (χ1) is 6.01. The van der Waals surface area contributed by atoms with Gasteiger partial charge in [-0.3, -0.25) is 0 Å². The van der Waals surface area contributed by atoms with Crippen LogP contribution in [0.3, 0.4) is 0 Å². The quantitative estimate of drug-likeness (QED) is 0.649. The zero-order chi connectivity index (χ0) is 9.90. The van der Waals surface area contributed by atoms with Gasteiger partial charge in [-0.1, -0.05) is 13.3 Å². The summed E-state index contributed by atoms with van der Waals surface area (Å²) < 4.78 is 27.0. The van der Waals surface area contributed by atoms with E-state index in [9.17, 15) is 8.42 Å². The highest BCUT2D eigenvalue weighted by Gasteiger charge is 2.24. The molecule has 0 N–H and O–H groups in total. The van der Waals surface area contributed by atoms with Crippen molar-refractivity contribution in [2.24, 2.45) is 5.92 Å². The Labute approximate surface area is 83.8 Å². The van der Waals surface area contributed by atoms with Crippen LogP contribution < -0.4 is 0 Å². The Morgan fingerprint density at radius 2 is 2.15 bits per heavy atom. The van der Waals surface area contributed by atoms with Crippen LogP contribution >= 0.6 is 10.7 Å². The molecule has 1 saturated carbocycles. The molecular formula is C8H15ClO3S. The molecule has 1 aliphatic rings. The Hall–Kier alpha value is 0.200. The van der Waals surface area contributed by atoms with Gasteiger partial charge in [0.2, 0.25) is 9.05 Å². The maximum Gasteiger partial charge on any atom is 0.232 e. The molecule has 1 atom stereocenters. The monoisotopic (exact) mass is 226 g/mol. The van der Waals surface area contributed by atoms with Crippen LogP contribution in [-0.4, -0.2) is 26.9 Å². The maximum absolute atomic E-state index is 10.8. The molecule has 0 heterocycles. The van der Waals surface area contributed by atoms with E-state index in [0.717, 1.165) is 19.3 Å². The van der Waals surface area contributed by atoms with Gasteiger partial charge in [0.05, 0.1) is 18.5 Å². The van der Waals surface area contributed by atoms with Crippen molar-refractivity contribution in [2.45, 2.75) is 32.3 Å². The molecule has 0 radical (unpaired) electrons. The fraction of sp³-hybridized carbons (Fsp3) is 1.00. The molecule has 1 unspecified atom stereocenters. The van der Waals surface area contributed by atoms with Gasteiger partial charge in [-0.25, -0.2) is 8.42 Å². The SMILES string of the molecule is CCC(COC1CC1)CS(=O)(=O)Cl. The minimum atomic E-state index is -3.37. The summed E-state index contributed by atoms with van der Waals surface area (Å²) in [6, 6.07) is 0. The normalized spacial score (nSPS) is 20.2. The predicted octanol–water partition coefficient (Wildman–Crippen LogP) is 1.76. The van der Waals surface area contributed by atoms with E-state index in [4.69, 9.17) is 15.4 Å². The van der Waals surface area contributed by atoms with Crippen LogP contribution in [0.5, 0.6) is 0 Å². The Morgan fingerprint density at radius 3 is 2.54 bits per heavy atom. The van der Waals surface area contributed by atoms with Gasteiger partial charge in [0.15, 0.2) is 0 Å². The molecule has 0 spiro atoms. The summed E-state index contributed by atoms with van der Waals surface area (Å²) in [4.78, 5) is 0. The van der Waals surface area contributed by atoms with Crippen molar-refractivity contribution in [3.63, 3.8) is 0 Å². The molecule has 1 aliphatic carbocycles. The van der Waals surface area contributed by atoms with Gasteiger partial charge in [-0.15, -0.1) is 0 Å². The van der Waals surface area contributed by atoms with Crippen molar-refractivity contribution in [1.29, 1.82) is 0 Å². The van der Waals surface area contributed by atoms with Crippen molar-refractivity contribution < 1.29 is 13.2 Å². The molecule has 5 heteroatoms. The van der Waals surface area contributed by atoms with Gasteiger partial charge >= 0.3 is 0 Å². The lowest BCUT2D eigenvalue weighted by atomic mass is 10.1. The summed E-state index contributed by atoms with van der Waals surface area (Å²) in [5.41, 5.74) is 0. The molecular weight excluding hydrogens is 212 g/mol. The topological polar surface area (TPSA) is 43.4 Å². The number of hydrogen-bond donors (Lipinski definition) is 0. The van der Waals surface area contributed by atoms with E-state index in [1.807, 2.05) is 6.92 Å². The highest BCUT2D eigenvalue weighted by atomic mass is 35.7. The lowest BCUT2D eigenvalue weighted by Crippen LogP contribution is -2.17. The predicted molar refractivity (Wildman–Crippen MR) is 52.4 cm³/mol. The third-order valence-corrected chi connectivity index (χ3v) is 3.35. The number of rotatable bonds is 6. The Bertz CT molecular complexity index is 246. The Morgan fingerprint density at radius 1 is 1.54 bits per heavy atom. The van der Waals surface area contributed by atoms with Crippen molar-refractivity contribution in [3.05, 3.63) is 0 Å². The fourth-order valence-corrected chi connectivity index (χ4v) is 2.50. The van der Waals surface area contributed by atoms with Crippen LogP contribution in [-0.2, 0) is 13.8 Å². The van der Waals surface area contributed by atoms with E-state index in [1.54, 1.807) is 0 Å². The second-order valence-electron chi connectivity index (χ2n) is 3.51. The highest BCUT2D eigenvalue weighted by molar-refractivity contribution is 8.13. The second-order valence-corrected chi connectivity index (χ2v) is 6.33. The number of halogens is 1. The van der Waals surface area contributed by atoms with Crippen molar-refractivity contribution in [1.82, 2.24) is 0 Å². The summed E-state index contributed by atoms with van der Waals surface area (Å²) in [6.45, 7) is 2.47. The molecule has 78 valence electrons. The first kappa shape index (κ1) is 11.3. The van der Waals surface area contributed by atoms with Gasteiger partial charge in [-0.05, 0) is 18.8 Å². The van der Waals surface area contributed by atoms with Gasteiger partial charge in [-0.2, -0.15) is 0 Å². The van der Waals surface area contributed by atoms with Crippen molar-refractivity contribution in [2.75, 3.05) is 12.4 Å². The van der Waals surface area contributed by atoms with Crippen LogP contribution in [0.15, 0.2) is 0 Å². The van der Waals surface area contributed by atoms with E-state index < -0.39 is 9.05 Å². The maximum atomic E-state index is 10.8. The molecule has 1 rings (SSSR count). The summed E-state index contributed by atoms with van der Waals surface area (Å²) >= 11 is 0. The minimum absolute atomic E-state index is 0.0256. The molecule has 1 fully saturated rings. The summed E-state index contributed by atoms with van der Waals surface area (Å²) in [7, 11) is 1.78. The van der Waals surface area contributed by atoms with E-state index >= 15 is 0 Å². The van der Waals surface area contributed by atoms with Gasteiger partial charge in [0, 0.05) is 10.7 Å². The van der Waals surface area contributed by atoms with Crippen LogP contribution in [0, 0.1) is 5.92 Å². The average molecular weight is 227 g/mol. The highest BCUT2D eigenvalue weighted by Crippen LogP contribution is 2.24. The van der Waals surface area contributed by atoms with Gasteiger partial charge in [0.25, 0.3) is 0 Å². The summed E-state index contributed by atoms with van der Waals surface area (Å²) in [5.74, 6) is 0.0701. The molecule has 13 heavy (non-hydrogen) atoms. The zero-order valence-corrected chi connectivity index (χ0v) is 9.27. The molecule has 0 amide bonds. The van der Waals surface area contributed by atoms with Gasteiger partial charge in [0.1, 0.15) is 0 Å². The van der Waals surface area contributed by atoms with E-state index in [2.05, 4.69) is 0 Å². The Balaban J connectivity index is 2.24. The van der Waals surface area contributed by atoms with Crippen LogP contribution in [0.1, 0.15) is 26.2 Å². The molecule has 3 nitrogen and oxygen atoms in total. The number of ether oxygens (including phenoxy) is 1. The molecule has 0 aliphatic heterocycles. The third-order valence-electron chi connectivity index (χ3n) is 2.10. The lowest BCUT2D eigenvalue weighted by Gasteiger charge is -2.12. The third kappa shape index (κ3) is 5.49. The fourth-order valence-electron chi connectivity index (χ4n) is 1.07. The zero-order valence-electron chi connectivity index (χ0n) is 7.70.